The molecule has 150 valence electrons. The lowest BCUT2D eigenvalue weighted by molar-refractivity contribution is -0.0190. The predicted octanol–water partition coefficient (Wildman–Crippen LogP) is 5.73. The van der Waals surface area contributed by atoms with Gasteiger partial charge in [0.2, 0.25) is 13.0 Å². The minimum atomic E-state index is -0.268. The summed E-state index contributed by atoms with van der Waals surface area (Å²) >= 11 is 3.61. The number of halogens is 1. The van der Waals surface area contributed by atoms with Gasteiger partial charge in [0.25, 0.3) is 0 Å². The van der Waals surface area contributed by atoms with Crippen LogP contribution in [0, 0.1) is 6.92 Å². The van der Waals surface area contributed by atoms with Gasteiger partial charge >= 0.3 is 0 Å². The van der Waals surface area contributed by atoms with Crippen molar-refractivity contribution in [2.45, 2.75) is 25.6 Å². The highest BCUT2D eigenvalue weighted by molar-refractivity contribution is 9.10. The SMILES string of the molecule is Cc1ccc(C2Oc3ccc(Br)cc3C3CC(c4ccc5c(c4)OCO5)=NN32)cc1. The molecule has 2 atom stereocenters. The maximum atomic E-state index is 6.44. The number of hydrazone groups is 1. The van der Waals surface area contributed by atoms with E-state index in [9.17, 15) is 0 Å². The second kappa shape index (κ2) is 6.77. The molecule has 3 aromatic rings. The lowest BCUT2D eigenvalue weighted by Crippen LogP contribution is -2.33. The van der Waals surface area contributed by atoms with Crippen molar-refractivity contribution in [2.24, 2.45) is 5.10 Å². The first-order valence-electron chi connectivity index (χ1n) is 9.94. The monoisotopic (exact) mass is 462 g/mol. The second-order valence-electron chi connectivity index (χ2n) is 7.78. The van der Waals surface area contributed by atoms with Gasteiger partial charge in [-0.15, -0.1) is 0 Å². The minimum absolute atomic E-state index is 0.109. The number of fused-ring (bicyclic) bond motifs is 4. The van der Waals surface area contributed by atoms with E-state index in [2.05, 4.69) is 58.2 Å². The van der Waals surface area contributed by atoms with Crippen molar-refractivity contribution in [3.05, 3.63) is 87.4 Å². The van der Waals surface area contributed by atoms with Gasteiger partial charge in [0.15, 0.2) is 11.5 Å². The Morgan fingerprint density at radius 3 is 2.60 bits per heavy atom. The Bertz CT molecular complexity index is 1180. The van der Waals surface area contributed by atoms with Crippen LogP contribution in [-0.2, 0) is 0 Å². The van der Waals surface area contributed by atoms with Crippen molar-refractivity contribution >= 4 is 21.6 Å². The quantitative estimate of drug-likeness (QED) is 0.487. The summed E-state index contributed by atoms with van der Waals surface area (Å²) in [6, 6.07) is 20.8. The summed E-state index contributed by atoms with van der Waals surface area (Å²) in [5.41, 5.74) is 5.53. The normalized spacial score (nSPS) is 21.0. The van der Waals surface area contributed by atoms with Crippen LogP contribution in [0.5, 0.6) is 17.2 Å². The first-order chi connectivity index (χ1) is 14.7. The fraction of sp³-hybridized carbons (Fsp3) is 0.208. The summed E-state index contributed by atoms with van der Waals surface area (Å²) in [4.78, 5) is 0. The van der Waals surface area contributed by atoms with E-state index >= 15 is 0 Å². The van der Waals surface area contributed by atoms with Crippen molar-refractivity contribution in [3.63, 3.8) is 0 Å². The molecule has 6 heteroatoms. The van der Waals surface area contributed by atoms with E-state index in [0.717, 1.165) is 50.5 Å². The van der Waals surface area contributed by atoms with Crippen LogP contribution in [0.1, 0.15) is 40.9 Å². The third kappa shape index (κ3) is 2.86. The molecular formula is C24H19BrN2O3. The Morgan fingerprint density at radius 2 is 1.73 bits per heavy atom. The van der Waals surface area contributed by atoms with E-state index in [1.165, 1.54) is 5.56 Å². The average molecular weight is 463 g/mol. The molecule has 0 saturated carbocycles. The summed E-state index contributed by atoms with van der Waals surface area (Å²) in [7, 11) is 0. The van der Waals surface area contributed by atoms with E-state index < -0.39 is 0 Å². The van der Waals surface area contributed by atoms with E-state index in [1.54, 1.807) is 0 Å². The van der Waals surface area contributed by atoms with Gasteiger partial charge in [-0.3, -0.25) is 0 Å². The van der Waals surface area contributed by atoms with Crippen LogP contribution in [0.25, 0.3) is 0 Å². The summed E-state index contributed by atoms with van der Waals surface area (Å²) in [6.45, 7) is 2.36. The standard InChI is InChI=1S/C24H19BrN2O3/c1-14-2-4-15(5-3-14)24-27-20(18-11-17(25)7-9-21(18)30-24)12-19(26-27)16-6-8-22-23(10-16)29-13-28-22/h2-11,20,24H,12-13H2,1H3. The molecule has 5 nitrogen and oxygen atoms in total. The maximum absolute atomic E-state index is 6.44. The van der Waals surface area contributed by atoms with Gasteiger partial charge in [-0.05, 0) is 43.3 Å². The smallest absolute Gasteiger partial charge is 0.231 e. The molecule has 0 radical (unpaired) electrons. The zero-order valence-electron chi connectivity index (χ0n) is 16.3. The Hall–Kier alpha value is -2.99. The highest BCUT2D eigenvalue weighted by atomic mass is 79.9. The molecule has 0 saturated heterocycles. The van der Waals surface area contributed by atoms with Crippen LogP contribution in [0.2, 0.25) is 0 Å². The molecule has 0 N–H and O–H groups in total. The summed E-state index contributed by atoms with van der Waals surface area (Å²) in [6.07, 6.45) is 0.533. The van der Waals surface area contributed by atoms with Gasteiger partial charge in [0.05, 0.1) is 11.8 Å². The zero-order valence-corrected chi connectivity index (χ0v) is 17.9. The molecule has 3 aliphatic heterocycles. The van der Waals surface area contributed by atoms with Gasteiger partial charge in [-0.1, -0.05) is 45.8 Å². The molecule has 3 aromatic carbocycles. The molecule has 0 spiro atoms. The number of hydrogen-bond donors (Lipinski definition) is 0. The molecular weight excluding hydrogens is 444 g/mol. The fourth-order valence-electron chi connectivity index (χ4n) is 4.26. The number of ether oxygens (including phenoxy) is 3. The first kappa shape index (κ1) is 17.8. The molecule has 0 fully saturated rings. The third-order valence-electron chi connectivity index (χ3n) is 5.82. The van der Waals surface area contributed by atoms with Crippen LogP contribution < -0.4 is 14.2 Å². The van der Waals surface area contributed by atoms with Crippen molar-refractivity contribution < 1.29 is 14.2 Å². The van der Waals surface area contributed by atoms with Crippen molar-refractivity contribution in [1.82, 2.24) is 5.01 Å². The number of nitrogens with zero attached hydrogens (tertiary/aromatic N) is 2. The minimum Gasteiger partial charge on any atom is -0.464 e. The molecule has 2 unspecified atom stereocenters. The highest BCUT2D eigenvalue weighted by Crippen LogP contribution is 2.48. The Labute approximate surface area is 183 Å². The van der Waals surface area contributed by atoms with E-state index in [-0.39, 0.29) is 19.1 Å². The van der Waals surface area contributed by atoms with E-state index in [0.29, 0.717) is 0 Å². The number of rotatable bonds is 2. The molecule has 30 heavy (non-hydrogen) atoms. The summed E-state index contributed by atoms with van der Waals surface area (Å²) < 4.78 is 18.5. The number of aryl methyl sites for hydroxylation is 1. The van der Waals surface area contributed by atoms with Gasteiger partial charge in [-0.25, -0.2) is 5.01 Å². The molecule has 0 bridgehead atoms. The largest absolute Gasteiger partial charge is 0.464 e. The zero-order chi connectivity index (χ0) is 20.2. The van der Waals surface area contributed by atoms with Gasteiger partial charge < -0.3 is 14.2 Å². The molecule has 0 aromatic heterocycles. The van der Waals surface area contributed by atoms with Crippen LogP contribution in [0.15, 0.2) is 70.2 Å². The van der Waals surface area contributed by atoms with Crippen LogP contribution in [0.3, 0.4) is 0 Å². The Morgan fingerprint density at radius 1 is 0.933 bits per heavy atom. The van der Waals surface area contributed by atoms with Gasteiger partial charge in [0, 0.05) is 27.6 Å². The first-order valence-corrected chi connectivity index (χ1v) is 10.7. The molecule has 0 amide bonds. The number of benzene rings is 3. The average Bonchev–Trinajstić information content (AvgIpc) is 3.41. The van der Waals surface area contributed by atoms with Crippen LogP contribution in [0.4, 0.5) is 0 Å². The van der Waals surface area contributed by atoms with E-state index in [1.807, 2.05) is 30.3 Å². The summed E-state index contributed by atoms with van der Waals surface area (Å²) in [5, 5.41) is 7.12. The topological polar surface area (TPSA) is 43.3 Å². The van der Waals surface area contributed by atoms with Crippen molar-refractivity contribution in [2.75, 3.05) is 6.79 Å². The Kier molecular flexibility index (Phi) is 4.03. The summed E-state index contributed by atoms with van der Waals surface area (Å²) in [5.74, 6) is 2.46. The third-order valence-corrected chi connectivity index (χ3v) is 6.31. The molecule has 3 aliphatic rings. The second-order valence-corrected chi connectivity index (χ2v) is 8.69. The lowest BCUT2D eigenvalue weighted by Gasteiger charge is -2.38. The molecule has 3 heterocycles. The predicted molar refractivity (Wildman–Crippen MR) is 117 cm³/mol. The molecule has 0 aliphatic carbocycles. The van der Waals surface area contributed by atoms with Gasteiger partial charge in [-0.2, -0.15) is 5.10 Å². The van der Waals surface area contributed by atoms with Crippen molar-refractivity contribution in [3.8, 4) is 17.2 Å². The lowest BCUT2D eigenvalue weighted by atomic mass is 9.95. The van der Waals surface area contributed by atoms with Gasteiger partial charge in [0.1, 0.15) is 5.75 Å². The molecule has 6 rings (SSSR count). The Balaban J connectivity index is 1.43. The highest BCUT2D eigenvalue weighted by Gasteiger charge is 2.41. The van der Waals surface area contributed by atoms with Crippen molar-refractivity contribution in [1.29, 1.82) is 0 Å². The number of hydrogen-bond acceptors (Lipinski definition) is 5. The maximum Gasteiger partial charge on any atom is 0.231 e. The van der Waals surface area contributed by atoms with E-state index in [4.69, 9.17) is 19.3 Å². The fourth-order valence-corrected chi connectivity index (χ4v) is 4.64. The van der Waals surface area contributed by atoms with Crippen LogP contribution in [-0.4, -0.2) is 17.5 Å². The van der Waals surface area contributed by atoms with Crippen LogP contribution >= 0.6 is 15.9 Å².